The number of hydrogen-bond acceptors (Lipinski definition) is 5. The van der Waals surface area contributed by atoms with Crippen molar-refractivity contribution in [3.8, 4) is 0 Å². The largest absolute Gasteiger partial charge is 0.357 e. The number of aromatic nitrogens is 4. The molecule has 7 heteroatoms. The Balaban J connectivity index is 1.57. The van der Waals surface area contributed by atoms with Gasteiger partial charge in [0.15, 0.2) is 11.5 Å². The first kappa shape index (κ1) is 19.1. The fourth-order valence-electron chi connectivity index (χ4n) is 4.17. The van der Waals surface area contributed by atoms with Gasteiger partial charge in [0.25, 0.3) is 0 Å². The van der Waals surface area contributed by atoms with E-state index in [-0.39, 0.29) is 0 Å². The van der Waals surface area contributed by atoms with E-state index in [0.717, 1.165) is 52.7 Å². The molecule has 0 amide bonds. The number of anilines is 3. The Morgan fingerprint density at radius 1 is 0.967 bits per heavy atom. The summed E-state index contributed by atoms with van der Waals surface area (Å²) in [5.41, 5.74) is 4.44. The zero-order valence-corrected chi connectivity index (χ0v) is 17.9. The highest BCUT2D eigenvalue weighted by Crippen LogP contribution is 2.31. The van der Waals surface area contributed by atoms with Crippen LogP contribution in [0.2, 0.25) is 5.02 Å². The Hall–Kier alpha value is -2.86. The van der Waals surface area contributed by atoms with E-state index in [1.54, 1.807) is 6.33 Å². The predicted octanol–water partition coefficient (Wildman–Crippen LogP) is 5.75. The lowest BCUT2D eigenvalue weighted by Gasteiger charge is -2.26. The highest BCUT2D eigenvalue weighted by Gasteiger charge is 2.15. The van der Waals surface area contributed by atoms with Gasteiger partial charge in [0.1, 0.15) is 23.2 Å². The van der Waals surface area contributed by atoms with Crippen LogP contribution in [0.3, 0.4) is 0 Å². The molecule has 154 valence electrons. The van der Waals surface area contributed by atoms with E-state index in [2.05, 4.69) is 27.3 Å². The third-order valence-electron chi connectivity index (χ3n) is 5.83. The van der Waals surface area contributed by atoms with Gasteiger partial charge in [-0.15, -0.1) is 0 Å². The summed E-state index contributed by atoms with van der Waals surface area (Å²) in [5.74, 6) is 1.74. The Morgan fingerprint density at radius 3 is 2.57 bits per heavy atom. The van der Waals surface area contributed by atoms with Gasteiger partial charge in [-0.3, -0.25) is 4.40 Å². The molecule has 0 saturated carbocycles. The molecule has 1 fully saturated rings. The fourth-order valence-corrected chi connectivity index (χ4v) is 4.43. The molecule has 0 aliphatic carbocycles. The van der Waals surface area contributed by atoms with Crippen molar-refractivity contribution in [2.24, 2.45) is 0 Å². The molecule has 0 unspecified atom stereocenters. The van der Waals surface area contributed by atoms with Gasteiger partial charge in [0.05, 0.1) is 16.9 Å². The first-order valence-corrected chi connectivity index (χ1v) is 11.0. The normalized spacial score (nSPS) is 15.3. The Morgan fingerprint density at radius 2 is 1.77 bits per heavy atom. The SMILES string of the molecule is Cc1cccc(Cl)c1Nc1nc2ccc(N3CCCCCCC3)nc2n2cncc12. The van der Waals surface area contributed by atoms with Gasteiger partial charge in [-0.1, -0.05) is 43.0 Å². The van der Waals surface area contributed by atoms with Crippen LogP contribution in [0.5, 0.6) is 0 Å². The molecule has 1 N–H and O–H groups in total. The molecule has 1 aliphatic heterocycles. The highest BCUT2D eigenvalue weighted by atomic mass is 35.5. The number of rotatable bonds is 3. The zero-order valence-electron chi connectivity index (χ0n) is 17.1. The van der Waals surface area contributed by atoms with Gasteiger partial charge in [0, 0.05) is 13.1 Å². The van der Waals surface area contributed by atoms with Crippen molar-refractivity contribution in [3.05, 3.63) is 53.4 Å². The maximum absolute atomic E-state index is 6.42. The highest BCUT2D eigenvalue weighted by molar-refractivity contribution is 6.33. The summed E-state index contributed by atoms with van der Waals surface area (Å²) in [5, 5.41) is 4.08. The Kier molecular flexibility index (Phi) is 5.17. The number of hydrogen-bond donors (Lipinski definition) is 1. The van der Waals surface area contributed by atoms with E-state index < -0.39 is 0 Å². The molecular formula is C23H25ClN6. The summed E-state index contributed by atoms with van der Waals surface area (Å²) < 4.78 is 2.00. The molecule has 30 heavy (non-hydrogen) atoms. The van der Waals surface area contributed by atoms with Gasteiger partial charge in [-0.05, 0) is 43.5 Å². The second-order valence-corrected chi connectivity index (χ2v) is 8.34. The van der Waals surface area contributed by atoms with E-state index >= 15 is 0 Å². The van der Waals surface area contributed by atoms with Crippen molar-refractivity contribution in [1.82, 2.24) is 19.4 Å². The van der Waals surface area contributed by atoms with Crippen molar-refractivity contribution < 1.29 is 0 Å². The first-order chi connectivity index (χ1) is 14.7. The van der Waals surface area contributed by atoms with E-state index in [1.165, 1.54) is 32.1 Å². The summed E-state index contributed by atoms with van der Waals surface area (Å²) in [4.78, 5) is 16.6. The summed E-state index contributed by atoms with van der Waals surface area (Å²) in [6, 6.07) is 9.99. The number of fused-ring (bicyclic) bond motifs is 3. The van der Waals surface area contributed by atoms with Crippen LogP contribution in [0.4, 0.5) is 17.3 Å². The lowest BCUT2D eigenvalue weighted by atomic mass is 10.1. The number of para-hydroxylation sites is 1. The maximum Gasteiger partial charge on any atom is 0.166 e. The van der Waals surface area contributed by atoms with E-state index in [4.69, 9.17) is 21.6 Å². The first-order valence-electron chi connectivity index (χ1n) is 10.6. The van der Waals surface area contributed by atoms with Gasteiger partial charge in [-0.25, -0.2) is 15.0 Å². The molecule has 0 radical (unpaired) electrons. The lowest BCUT2D eigenvalue weighted by Crippen LogP contribution is -2.27. The van der Waals surface area contributed by atoms with Crippen molar-refractivity contribution >= 4 is 45.6 Å². The Labute approximate surface area is 180 Å². The second kappa shape index (κ2) is 8.11. The average molecular weight is 421 g/mol. The Bertz CT molecular complexity index is 1170. The molecule has 3 aromatic heterocycles. The third kappa shape index (κ3) is 3.56. The summed E-state index contributed by atoms with van der Waals surface area (Å²) in [6.45, 7) is 4.15. The lowest BCUT2D eigenvalue weighted by molar-refractivity contribution is 0.554. The molecule has 0 atom stereocenters. The number of benzene rings is 1. The predicted molar refractivity (Wildman–Crippen MR) is 123 cm³/mol. The standard InChI is InChI=1S/C23H25ClN6/c1-16-8-7-9-17(24)21(16)28-22-19-14-25-15-30(19)23-18(26-22)10-11-20(27-23)29-12-5-3-2-4-6-13-29/h7-11,14-15H,2-6,12-13H2,1H3,(H,26,28). The number of nitrogens with zero attached hydrogens (tertiary/aromatic N) is 5. The molecule has 4 heterocycles. The van der Waals surface area contributed by atoms with Gasteiger partial charge in [-0.2, -0.15) is 0 Å². The van der Waals surface area contributed by atoms with Gasteiger partial charge < -0.3 is 10.2 Å². The number of pyridine rings is 1. The van der Waals surface area contributed by atoms with Crippen LogP contribution < -0.4 is 10.2 Å². The van der Waals surface area contributed by atoms with Crippen LogP contribution in [0.15, 0.2) is 42.9 Å². The molecule has 1 aromatic carbocycles. The van der Waals surface area contributed by atoms with Crippen LogP contribution in [-0.2, 0) is 0 Å². The monoisotopic (exact) mass is 420 g/mol. The number of imidazole rings is 1. The van der Waals surface area contributed by atoms with Crippen LogP contribution in [0.1, 0.15) is 37.7 Å². The molecule has 1 aliphatic rings. The minimum absolute atomic E-state index is 0.667. The number of aryl methyl sites for hydroxylation is 1. The van der Waals surface area contributed by atoms with Crippen molar-refractivity contribution in [2.45, 2.75) is 39.0 Å². The third-order valence-corrected chi connectivity index (χ3v) is 6.14. The summed E-state index contributed by atoms with van der Waals surface area (Å²) in [7, 11) is 0. The fraction of sp³-hybridized carbons (Fsp3) is 0.348. The minimum atomic E-state index is 0.667. The summed E-state index contributed by atoms with van der Waals surface area (Å²) in [6.07, 6.45) is 10.00. The maximum atomic E-state index is 6.42. The number of halogens is 1. The van der Waals surface area contributed by atoms with Crippen LogP contribution in [-0.4, -0.2) is 32.4 Å². The minimum Gasteiger partial charge on any atom is -0.357 e. The van der Waals surface area contributed by atoms with E-state index in [0.29, 0.717) is 5.02 Å². The number of nitrogens with one attached hydrogen (secondary N) is 1. The van der Waals surface area contributed by atoms with Crippen LogP contribution >= 0.6 is 11.6 Å². The van der Waals surface area contributed by atoms with E-state index in [1.807, 2.05) is 35.7 Å². The molecular weight excluding hydrogens is 396 g/mol. The van der Waals surface area contributed by atoms with Crippen molar-refractivity contribution in [3.63, 3.8) is 0 Å². The molecule has 1 saturated heterocycles. The van der Waals surface area contributed by atoms with Gasteiger partial charge in [0.2, 0.25) is 0 Å². The molecule has 0 bridgehead atoms. The zero-order chi connectivity index (χ0) is 20.5. The second-order valence-electron chi connectivity index (χ2n) is 7.93. The summed E-state index contributed by atoms with van der Waals surface area (Å²) >= 11 is 6.42. The van der Waals surface area contributed by atoms with Crippen molar-refractivity contribution in [1.29, 1.82) is 0 Å². The van der Waals surface area contributed by atoms with Crippen LogP contribution in [0, 0.1) is 6.92 Å². The topological polar surface area (TPSA) is 58.4 Å². The molecule has 4 aromatic rings. The molecule has 0 spiro atoms. The molecule has 6 nitrogen and oxygen atoms in total. The van der Waals surface area contributed by atoms with Crippen molar-refractivity contribution in [2.75, 3.05) is 23.3 Å². The van der Waals surface area contributed by atoms with Crippen LogP contribution in [0.25, 0.3) is 16.7 Å². The average Bonchev–Trinajstić information content (AvgIpc) is 3.21. The molecule has 5 rings (SSSR count). The quantitative estimate of drug-likeness (QED) is 0.457. The van der Waals surface area contributed by atoms with E-state index in [9.17, 15) is 0 Å². The van der Waals surface area contributed by atoms with Gasteiger partial charge >= 0.3 is 0 Å². The smallest absolute Gasteiger partial charge is 0.166 e.